The fraction of sp³-hybridized carbons (Fsp3) is 0.286. The second kappa shape index (κ2) is 3.27. The molecule has 15 heavy (non-hydrogen) atoms. The molecular formula is C14H17N. The van der Waals surface area contributed by atoms with Crippen LogP contribution in [-0.2, 0) is 5.41 Å². The van der Waals surface area contributed by atoms with Crippen molar-refractivity contribution in [2.45, 2.75) is 26.2 Å². The van der Waals surface area contributed by atoms with Crippen molar-refractivity contribution >= 4 is 16.5 Å². The Morgan fingerprint density at radius 3 is 2.27 bits per heavy atom. The summed E-state index contributed by atoms with van der Waals surface area (Å²) >= 11 is 0. The van der Waals surface area contributed by atoms with Crippen molar-refractivity contribution in [1.29, 1.82) is 0 Å². The fourth-order valence-corrected chi connectivity index (χ4v) is 2.13. The van der Waals surface area contributed by atoms with E-state index in [1.165, 1.54) is 16.3 Å². The summed E-state index contributed by atoms with van der Waals surface area (Å²) in [5, 5.41) is 2.53. The molecule has 2 rings (SSSR count). The first-order valence-electron chi connectivity index (χ1n) is 5.28. The number of hydrogen-bond donors (Lipinski definition) is 1. The molecule has 0 amide bonds. The maximum atomic E-state index is 6.07. The third-order valence-electron chi connectivity index (χ3n) is 2.71. The molecule has 2 N–H and O–H groups in total. The quantitative estimate of drug-likeness (QED) is 0.643. The maximum absolute atomic E-state index is 6.07. The summed E-state index contributed by atoms with van der Waals surface area (Å²) in [6.07, 6.45) is 0. The summed E-state index contributed by atoms with van der Waals surface area (Å²) in [5.41, 5.74) is 8.30. The molecule has 0 heterocycles. The van der Waals surface area contributed by atoms with Crippen LogP contribution in [0.1, 0.15) is 26.3 Å². The lowest BCUT2D eigenvalue weighted by atomic mass is 9.82. The summed E-state index contributed by atoms with van der Waals surface area (Å²) in [5.74, 6) is 0. The predicted molar refractivity (Wildman–Crippen MR) is 67.1 cm³/mol. The van der Waals surface area contributed by atoms with Crippen molar-refractivity contribution in [3.8, 4) is 0 Å². The minimum Gasteiger partial charge on any atom is -0.398 e. The van der Waals surface area contributed by atoms with Crippen LogP contribution in [0.2, 0.25) is 0 Å². The molecule has 0 saturated heterocycles. The van der Waals surface area contributed by atoms with E-state index in [0.29, 0.717) is 0 Å². The average Bonchev–Trinajstić information content (AvgIpc) is 2.15. The third kappa shape index (κ3) is 1.70. The molecule has 0 spiro atoms. The molecule has 78 valence electrons. The van der Waals surface area contributed by atoms with Gasteiger partial charge < -0.3 is 5.73 Å². The summed E-state index contributed by atoms with van der Waals surface area (Å²) in [4.78, 5) is 0. The van der Waals surface area contributed by atoms with Crippen LogP contribution in [0.4, 0.5) is 5.69 Å². The topological polar surface area (TPSA) is 26.0 Å². The van der Waals surface area contributed by atoms with Crippen molar-refractivity contribution < 1.29 is 0 Å². The SMILES string of the molecule is CC(C)(C)c1c(N)ccc2ccccc12. The van der Waals surface area contributed by atoms with Gasteiger partial charge in [-0.15, -0.1) is 0 Å². The molecule has 0 saturated carbocycles. The largest absolute Gasteiger partial charge is 0.398 e. The van der Waals surface area contributed by atoms with Crippen molar-refractivity contribution in [3.63, 3.8) is 0 Å². The molecule has 0 radical (unpaired) electrons. The zero-order valence-corrected chi connectivity index (χ0v) is 9.54. The van der Waals surface area contributed by atoms with Crippen molar-refractivity contribution in [2.24, 2.45) is 0 Å². The van der Waals surface area contributed by atoms with E-state index in [1.807, 2.05) is 6.07 Å². The maximum Gasteiger partial charge on any atom is 0.0358 e. The van der Waals surface area contributed by atoms with Gasteiger partial charge in [0.25, 0.3) is 0 Å². The molecule has 0 unspecified atom stereocenters. The Balaban J connectivity index is 2.86. The molecular weight excluding hydrogens is 182 g/mol. The van der Waals surface area contributed by atoms with Crippen LogP contribution in [0.15, 0.2) is 36.4 Å². The number of nitrogens with two attached hydrogens (primary N) is 1. The third-order valence-corrected chi connectivity index (χ3v) is 2.71. The average molecular weight is 199 g/mol. The highest BCUT2D eigenvalue weighted by molar-refractivity contribution is 5.90. The van der Waals surface area contributed by atoms with E-state index < -0.39 is 0 Å². The van der Waals surface area contributed by atoms with Crippen LogP contribution in [-0.4, -0.2) is 0 Å². The highest BCUT2D eigenvalue weighted by Crippen LogP contribution is 2.34. The first-order valence-corrected chi connectivity index (χ1v) is 5.28. The van der Waals surface area contributed by atoms with E-state index >= 15 is 0 Å². The van der Waals surface area contributed by atoms with Gasteiger partial charge in [0.2, 0.25) is 0 Å². The van der Waals surface area contributed by atoms with Gasteiger partial charge in [0, 0.05) is 5.69 Å². The number of rotatable bonds is 0. The Kier molecular flexibility index (Phi) is 2.18. The van der Waals surface area contributed by atoms with Gasteiger partial charge in [-0.3, -0.25) is 0 Å². The highest BCUT2D eigenvalue weighted by atomic mass is 14.6. The van der Waals surface area contributed by atoms with E-state index in [0.717, 1.165) is 5.69 Å². The molecule has 1 heteroatoms. The van der Waals surface area contributed by atoms with Gasteiger partial charge in [-0.05, 0) is 27.8 Å². The van der Waals surface area contributed by atoms with Crippen molar-refractivity contribution in [3.05, 3.63) is 42.0 Å². The van der Waals surface area contributed by atoms with E-state index in [-0.39, 0.29) is 5.41 Å². The van der Waals surface area contributed by atoms with Crippen LogP contribution in [0.3, 0.4) is 0 Å². The highest BCUT2D eigenvalue weighted by Gasteiger charge is 2.19. The van der Waals surface area contributed by atoms with Gasteiger partial charge in [0.05, 0.1) is 0 Å². The number of fused-ring (bicyclic) bond motifs is 1. The fourth-order valence-electron chi connectivity index (χ4n) is 2.13. The van der Waals surface area contributed by atoms with Crippen molar-refractivity contribution in [1.82, 2.24) is 0 Å². The Labute approximate surface area is 90.9 Å². The Morgan fingerprint density at radius 1 is 0.933 bits per heavy atom. The van der Waals surface area contributed by atoms with E-state index in [4.69, 9.17) is 5.73 Å². The smallest absolute Gasteiger partial charge is 0.0358 e. The monoisotopic (exact) mass is 199 g/mol. The molecule has 0 aliphatic heterocycles. The van der Waals surface area contributed by atoms with Crippen LogP contribution in [0.25, 0.3) is 10.8 Å². The zero-order valence-electron chi connectivity index (χ0n) is 9.54. The lowest BCUT2D eigenvalue weighted by molar-refractivity contribution is 0.598. The normalized spacial score (nSPS) is 11.9. The lowest BCUT2D eigenvalue weighted by Gasteiger charge is -2.23. The second-order valence-electron chi connectivity index (χ2n) is 5.00. The van der Waals surface area contributed by atoms with Gasteiger partial charge in [0.1, 0.15) is 0 Å². The van der Waals surface area contributed by atoms with Crippen LogP contribution < -0.4 is 5.73 Å². The molecule has 2 aromatic carbocycles. The molecule has 0 fully saturated rings. The zero-order chi connectivity index (χ0) is 11.1. The molecule has 0 aromatic heterocycles. The first-order chi connectivity index (χ1) is 7.00. The summed E-state index contributed by atoms with van der Waals surface area (Å²) in [6.45, 7) is 6.60. The van der Waals surface area contributed by atoms with Gasteiger partial charge in [-0.1, -0.05) is 51.1 Å². The van der Waals surface area contributed by atoms with Gasteiger partial charge >= 0.3 is 0 Å². The lowest BCUT2D eigenvalue weighted by Crippen LogP contribution is -2.14. The Hall–Kier alpha value is -1.50. The molecule has 0 bridgehead atoms. The standard InChI is InChI=1S/C14H17N/c1-14(2,3)13-11-7-5-4-6-10(11)8-9-12(13)15/h4-9H,15H2,1-3H3. The van der Waals surface area contributed by atoms with E-state index in [1.54, 1.807) is 0 Å². The van der Waals surface area contributed by atoms with Gasteiger partial charge in [0.15, 0.2) is 0 Å². The van der Waals surface area contributed by atoms with Gasteiger partial charge in [-0.2, -0.15) is 0 Å². The summed E-state index contributed by atoms with van der Waals surface area (Å²) in [7, 11) is 0. The molecule has 0 atom stereocenters. The van der Waals surface area contributed by atoms with Crippen LogP contribution in [0, 0.1) is 0 Å². The van der Waals surface area contributed by atoms with E-state index in [2.05, 4.69) is 51.1 Å². The summed E-state index contributed by atoms with van der Waals surface area (Å²) in [6, 6.07) is 12.5. The Morgan fingerprint density at radius 2 is 1.60 bits per heavy atom. The number of benzene rings is 2. The first kappa shape index (κ1) is 10.0. The molecule has 0 aliphatic carbocycles. The Bertz CT molecular complexity index is 492. The molecule has 1 nitrogen and oxygen atoms in total. The predicted octanol–water partition coefficient (Wildman–Crippen LogP) is 3.72. The van der Waals surface area contributed by atoms with Crippen LogP contribution in [0.5, 0.6) is 0 Å². The van der Waals surface area contributed by atoms with Crippen LogP contribution >= 0.6 is 0 Å². The summed E-state index contributed by atoms with van der Waals surface area (Å²) < 4.78 is 0. The molecule has 0 aliphatic rings. The van der Waals surface area contributed by atoms with Crippen molar-refractivity contribution in [2.75, 3.05) is 5.73 Å². The van der Waals surface area contributed by atoms with E-state index in [9.17, 15) is 0 Å². The number of nitrogen functional groups attached to an aromatic ring is 1. The minimum absolute atomic E-state index is 0.0882. The number of hydrogen-bond acceptors (Lipinski definition) is 1. The van der Waals surface area contributed by atoms with Gasteiger partial charge in [-0.25, -0.2) is 0 Å². The molecule has 2 aromatic rings. The number of anilines is 1. The second-order valence-corrected chi connectivity index (χ2v) is 5.00. The minimum atomic E-state index is 0.0882.